The van der Waals surface area contributed by atoms with Gasteiger partial charge in [0.1, 0.15) is 0 Å². The van der Waals surface area contributed by atoms with Gasteiger partial charge in [-0.3, -0.25) is 4.79 Å². The van der Waals surface area contributed by atoms with Gasteiger partial charge in [-0.25, -0.2) is 0 Å². The van der Waals surface area contributed by atoms with Crippen LogP contribution in [0.15, 0.2) is 57.9 Å². The molecule has 1 aromatic heterocycles. The molecule has 0 saturated carbocycles. The molecule has 1 amide bonds. The van der Waals surface area contributed by atoms with Gasteiger partial charge in [0.15, 0.2) is 0 Å². The first kappa shape index (κ1) is 20.7. The molecule has 0 saturated heterocycles. The van der Waals surface area contributed by atoms with Crippen LogP contribution in [0.25, 0.3) is 11.4 Å². The van der Waals surface area contributed by atoms with Crippen molar-refractivity contribution in [1.29, 1.82) is 0 Å². The Morgan fingerprint density at radius 1 is 1.11 bits per heavy atom. The standard InChI is InChI=1S/C20H19Cl2N3O2S/c1-3-17(28-16-10-8-15(22)9-11-16)20(26)25(2)12-18-23-19(24-27-18)13-4-6-14(21)7-5-13/h4-11,17H,3,12H2,1-2H3/t17-/m0/s1. The number of amides is 1. The maximum Gasteiger partial charge on any atom is 0.246 e. The van der Waals surface area contributed by atoms with Crippen molar-refractivity contribution in [2.45, 2.75) is 30.0 Å². The van der Waals surface area contributed by atoms with Gasteiger partial charge in [-0.2, -0.15) is 4.98 Å². The largest absolute Gasteiger partial charge is 0.337 e. The molecule has 5 nitrogen and oxygen atoms in total. The summed E-state index contributed by atoms with van der Waals surface area (Å²) in [6.07, 6.45) is 0.705. The molecule has 3 rings (SSSR count). The molecule has 146 valence electrons. The van der Waals surface area contributed by atoms with Gasteiger partial charge in [-0.05, 0) is 55.0 Å². The van der Waals surface area contributed by atoms with Crippen LogP contribution < -0.4 is 0 Å². The van der Waals surface area contributed by atoms with Crippen molar-refractivity contribution < 1.29 is 9.32 Å². The van der Waals surface area contributed by atoms with E-state index in [-0.39, 0.29) is 17.7 Å². The summed E-state index contributed by atoms with van der Waals surface area (Å²) in [6.45, 7) is 2.24. The molecular weight excluding hydrogens is 417 g/mol. The summed E-state index contributed by atoms with van der Waals surface area (Å²) in [6, 6.07) is 14.6. The van der Waals surface area contributed by atoms with Crippen LogP contribution in [0.4, 0.5) is 0 Å². The van der Waals surface area contributed by atoms with E-state index in [0.717, 1.165) is 10.5 Å². The smallest absolute Gasteiger partial charge is 0.246 e. The highest BCUT2D eigenvalue weighted by Gasteiger charge is 2.23. The molecule has 8 heteroatoms. The number of nitrogens with zero attached hydrogens (tertiary/aromatic N) is 3. The topological polar surface area (TPSA) is 59.2 Å². The quantitative estimate of drug-likeness (QED) is 0.453. The molecule has 0 spiro atoms. The fourth-order valence-electron chi connectivity index (χ4n) is 2.55. The van der Waals surface area contributed by atoms with Gasteiger partial charge >= 0.3 is 0 Å². The fourth-order valence-corrected chi connectivity index (χ4v) is 3.87. The predicted octanol–water partition coefficient (Wildman–Crippen LogP) is 5.57. The monoisotopic (exact) mass is 435 g/mol. The van der Waals surface area contributed by atoms with Gasteiger partial charge in [0.2, 0.25) is 17.6 Å². The molecule has 0 radical (unpaired) electrons. The lowest BCUT2D eigenvalue weighted by Gasteiger charge is -2.21. The molecule has 3 aromatic rings. The van der Waals surface area contributed by atoms with E-state index >= 15 is 0 Å². The third-order valence-electron chi connectivity index (χ3n) is 4.06. The number of carbonyl (C=O) groups excluding carboxylic acids is 1. The number of carbonyl (C=O) groups is 1. The summed E-state index contributed by atoms with van der Waals surface area (Å²) in [5, 5.41) is 5.10. The number of hydrogen-bond donors (Lipinski definition) is 0. The van der Waals surface area contributed by atoms with E-state index in [9.17, 15) is 4.79 Å². The zero-order valence-electron chi connectivity index (χ0n) is 15.4. The van der Waals surface area contributed by atoms with E-state index < -0.39 is 0 Å². The molecule has 0 fully saturated rings. The average molecular weight is 436 g/mol. The summed E-state index contributed by atoms with van der Waals surface area (Å²) in [5.74, 6) is 0.857. The van der Waals surface area contributed by atoms with Crippen LogP contribution in [0.5, 0.6) is 0 Å². The summed E-state index contributed by atoms with van der Waals surface area (Å²) in [5.41, 5.74) is 0.804. The third kappa shape index (κ3) is 5.28. The molecule has 0 N–H and O–H groups in total. The lowest BCUT2D eigenvalue weighted by molar-refractivity contribution is -0.130. The third-order valence-corrected chi connectivity index (χ3v) is 5.93. The highest BCUT2D eigenvalue weighted by atomic mass is 35.5. The van der Waals surface area contributed by atoms with Crippen LogP contribution in [0.3, 0.4) is 0 Å². The number of rotatable bonds is 7. The number of aromatic nitrogens is 2. The molecule has 0 unspecified atom stereocenters. The Morgan fingerprint density at radius 2 is 1.71 bits per heavy atom. The Labute approximate surface area is 178 Å². The van der Waals surface area contributed by atoms with Crippen LogP contribution in [0.2, 0.25) is 10.0 Å². The zero-order chi connectivity index (χ0) is 20.1. The molecule has 28 heavy (non-hydrogen) atoms. The molecule has 0 aliphatic carbocycles. The Kier molecular flexibility index (Phi) is 6.99. The Morgan fingerprint density at radius 3 is 2.32 bits per heavy atom. The SMILES string of the molecule is CC[C@H](Sc1ccc(Cl)cc1)C(=O)N(C)Cc1nc(-c2ccc(Cl)cc2)no1. The normalized spacial score (nSPS) is 12.0. The second kappa shape index (κ2) is 9.45. The minimum atomic E-state index is -0.204. The average Bonchev–Trinajstić information content (AvgIpc) is 3.16. The first-order valence-corrected chi connectivity index (χ1v) is 10.4. The predicted molar refractivity (Wildman–Crippen MR) is 113 cm³/mol. The Hall–Kier alpha value is -2.02. The molecule has 1 atom stereocenters. The maximum absolute atomic E-state index is 12.8. The zero-order valence-corrected chi connectivity index (χ0v) is 17.8. The highest BCUT2D eigenvalue weighted by Crippen LogP contribution is 2.28. The van der Waals surface area contributed by atoms with Crippen LogP contribution >= 0.6 is 35.0 Å². The maximum atomic E-state index is 12.8. The van der Waals surface area contributed by atoms with Crippen molar-refractivity contribution in [3.8, 4) is 11.4 Å². The molecule has 0 bridgehead atoms. The lowest BCUT2D eigenvalue weighted by atomic mass is 10.2. The second-order valence-electron chi connectivity index (χ2n) is 6.18. The van der Waals surface area contributed by atoms with Gasteiger partial charge in [-0.1, -0.05) is 35.3 Å². The highest BCUT2D eigenvalue weighted by molar-refractivity contribution is 8.00. The van der Waals surface area contributed by atoms with Crippen molar-refractivity contribution in [3.05, 3.63) is 64.5 Å². The molecule has 0 aliphatic rings. The first-order chi connectivity index (χ1) is 13.5. The number of thioether (sulfide) groups is 1. The van der Waals surface area contributed by atoms with E-state index in [1.54, 1.807) is 24.1 Å². The Balaban J connectivity index is 1.64. The van der Waals surface area contributed by atoms with Gasteiger partial charge in [0, 0.05) is 27.6 Å². The minimum Gasteiger partial charge on any atom is -0.337 e. The fraction of sp³-hybridized carbons (Fsp3) is 0.250. The summed E-state index contributed by atoms with van der Waals surface area (Å²) < 4.78 is 5.31. The lowest BCUT2D eigenvalue weighted by Crippen LogP contribution is -2.34. The molecule has 0 aliphatic heterocycles. The van der Waals surface area contributed by atoms with Crippen molar-refractivity contribution in [2.75, 3.05) is 7.05 Å². The Bertz CT molecular complexity index is 929. The van der Waals surface area contributed by atoms with Gasteiger partial charge in [-0.15, -0.1) is 11.8 Å². The van der Waals surface area contributed by atoms with Crippen LogP contribution in [0.1, 0.15) is 19.2 Å². The van der Waals surface area contributed by atoms with Crippen molar-refractivity contribution in [2.24, 2.45) is 0 Å². The van der Waals surface area contributed by atoms with E-state index in [1.807, 2.05) is 43.3 Å². The van der Waals surface area contributed by atoms with E-state index in [0.29, 0.717) is 28.2 Å². The summed E-state index contributed by atoms with van der Waals surface area (Å²) in [7, 11) is 1.74. The van der Waals surface area contributed by atoms with Crippen LogP contribution in [-0.4, -0.2) is 33.2 Å². The number of benzene rings is 2. The van der Waals surface area contributed by atoms with Gasteiger partial charge in [0.25, 0.3) is 0 Å². The molecule has 1 heterocycles. The van der Waals surface area contributed by atoms with Crippen molar-refractivity contribution in [1.82, 2.24) is 15.0 Å². The number of halogens is 2. The van der Waals surface area contributed by atoms with Crippen LogP contribution in [-0.2, 0) is 11.3 Å². The molecule has 2 aromatic carbocycles. The molecular formula is C20H19Cl2N3O2S. The van der Waals surface area contributed by atoms with E-state index in [4.69, 9.17) is 27.7 Å². The first-order valence-electron chi connectivity index (χ1n) is 8.72. The minimum absolute atomic E-state index is 0.00805. The van der Waals surface area contributed by atoms with Gasteiger partial charge < -0.3 is 9.42 Å². The van der Waals surface area contributed by atoms with E-state index in [1.165, 1.54) is 11.8 Å². The summed E-state index contributed by atoms with van der Waals surface area (Å²) in [4.78, 5) is 19.8. The van der Waals surface area contributed by atoms with Crippen molar-refractivity contribution >= 4 is 40.9 Å². The second-order valence-corrected chi connectivity index (χ2v) is 8.33. The van der Waals surface area contributed by atoms with Crippen molar-refractivity contribution in [3.63, 3.8) is 0 Å². The van der Waals surface area contributed by atoms with Crippen LogP contribution in [0, 0.1) is 0 Å². The number of hydrogen-bond acceptors (Lipinski definition) is 5. The summed E-state index contributed by atoms with van der Waals surface area (Å²) >= 11 is 13.3. The van der Waals surface area contributed by atoms with E-state index in [2.05, 4.69) is 10.1 Å². The van der Waals surface area contributed by atoms with Gasteiger partial charge in [0.05, 0.1) is 11.8 Å².